The third kappa shape index (κ3) is 4.16. The summed E-state index contributed by atoms with van der Waals surface area (Å²) in [5.41, 5.74) is -4.51. The van der Waals surface area contributed by atoms with Crippen LogP contribution in [-0.2, 0) is 17.1 Å². The van der Waals surface area contributed by atoms with Gasteiger partial charge < -0.3 is 19.6 Å². The Morgan fingerprint density at radius 1 is 0.944 bits per heavy atom. The first-order chi connectivity index (χ1) is 16.5. The molecule has 0 saturated carbocycles. The SMILES string of the molecule is CN1CC(C)(C(O)(c2ccc(C(F)(F)C(F)(F)F)cc2)c2cncc(-c3noc(C(C)(C)O)n3)c2)C1. The van der Waals surface area contributed by atoms with Crippen LogP contribution in [0.25, 0.3) is 11.4 Å². The lowest BCUT2D eigenvalue weighted by Crippen LogP contribution is -2.63. The van der Waals surface area contributed by atoms with Crippen LogP contribution in [0.5, 0.6) is 0 Å². The topological polar surface area (TPSA) is 95.5 Å². The average Bonchev–Trinajstić information content (AvgIpc) is 3.28. The summed E-state index contributed by atoms with van der Waals surface area (Å²) in [5.74, 6) is -4.98. The highest BCUT2D eigenvalue weighted by Crippen LogP contribution is 2.51. The predicted octanol–water partition coefficient (Wildman–Crippen LogP) is 4.20. The van der Waals surface area contributed by atoms with Crippen LogP contribution in [0, 0.1) is 5.41 Å². The molecule has 1 aromatic carbocycles. The van der Waals surface area contributed by atoms with Crippen LogP contribution >= 0.6 is 0 Å². The second-order valence-electron chi connectivity index (χ2n) is 10.0. The van der Waals surface area contributed by atoms with Crippen molar-refractivity contribution in [3.63, 3.8) is 0 Å². The number of likely N-dealkylation sites (tertiary alicyclic amines) is 1. The largest absolute Gasteiger partial charge is 0.458 e. The van der Waals surface area contributed by atoms with E-state index in [2.05, 4.69) is 15.1 Å². The van der Waals surface area contributed by atoms with Crippen LogP contribution < -0.4 is 0 Å². The van der Waals surface area contributed by atoms with E-state index in [4.69, 9.17) is 4.52 Å². The van der Waals surface area contributed by atoms with E-state index < -0.39 is 34.3 Å². The van der Waals surface area contributed by atoms with Gasteiger partial charge in [0.25, 0.3) is 5.89 Å². The fraction of sp³-hybridized carbons (Fsp3) is 0.458. The number of halogens is 5. The summed E-state index contributed by atoms with van der Waals surface area (Å²) >= 11 is 0. The summed E-state index contributed by atoms with van der Waals surface area (Å²) in [6, 6.07) is 5.04. The van der Waals surface area contributed by atoms with E-state index in [9.17, 15) is 32.2 Å². The van der Waals surface area contributed by atoms with E-state index >= 15 is 0 Å². The number of aromatic nitrogens is 3. The lowest BCUT2D eigenvalue weighted by molar-refractivity contribution is -0.289. The van der Waals surface area contributed by atoms with Crippen molar-refractivity contribution in [2.24, 2.45) is 5.41 Å². The van der Waals surface area contributed by atoms with Crippen molar-refractivity contribution >= 4 is 0 Å². The average molecular weight is 512 g/mol. The first kappa shape index (κ1) is 26.1. The van der Waals surface area contributed by atoms with Crippen molar-refractivity contribution < 1.29 is 36.7 Å². The monoisotopic (exact) mass is 512 g/mol. The first-order valence-corrected chi connectivity index (χ1v) is 11.0. The van der Waals surface area contributed by atoms with Crippen LogP contribution in [0.4, 0.5) is 22.0 Å². The van der Waals surface area contributed by atoms with Gasteiger partial charge in [0, 0.05) is 47.6 Å². The fourth-order valence-electron chi connectivity index (χ4n) is 4.67. The number of hydrogen-bond donors (Lipinski definition) is 2. The summed E-state index contributed by atoms with van der Waals surface area (Å²) in [7, 11) is 1.83. The van der Waals surface area contributed by atoms with Crippen LogP contribution in [-0.4, -0.2) is 56.6 Å². The van der Waals surface area contributed by atoms with Gasteiger partial charge in [-0.3, -0.25) is 4.98 Å². The number of alkyl halides is 5. The minimum atomic E-state index is -5.75. The summed E-state index contributed by atoms with van der Waals surface area (Å²) in [4.78, 5) is 10.3. The molecule has 3 aromatic rings. The molecule has 0 amide bonds. The zero-order valence-electron chi connectivity index (χ0n) is 19.9. The second kappa shape index (κ2) is 8.29. The van der Waals surface area contributed by atoms with Crippen LogP contribution in [0.3, 0.4) is 0 Å². The Morgan fingerprint density at radius 3 is 2.03 bits per heavy atom. The molecule has 12 heteroatoms. The van der Waals surface area contributed by atoms with Crippen molar-refractivity contribution in [3.8, 4) is 11.4 Å². The van der Waals surface area contributed by atoms with Gasteiger partial charge >= 0.3 is 12.1 Å². The van der Waals surface area contributed by atoms with Crippen molar-refractivity contribution in [3.05, 3.63) is 65.3 Å². The Bertz CT molecular complexity index is 1250. The molecule has 194 valence electrons. The zero-order valence-corrected chi connectivity index (χ0v) is 19.9. The Morgan fingerprint density at radius 2 is 1.53 bits per heavy atom. The highest BCUT2D eigenvalue weighted by molar-refractivity contribution is 5.56. The molecule has 36 heavy (non-hydrogen) atoms. The molecule has 1 unspecified atom stereocenters. The van der Waals surface area contributed by atoms with Crippen LogP contribution in [0.1, 0.15) is 43.4 Å². The smallest absolute Gasteiger partial charge is 0.381 e. The number of benzene rings is 1. The van der Waals surface area contributed by atoms with Crippen molar-refractivity contribution in [2.75, 3.05) is 20.1 Å². The zero-order chi connectivity index (χ0) is 26.7. The van der Waals surface area contributed by atoms with Gasteiger partial charge in [0.05, 0.1) is 0 Å². The molecule has 0 bridgehead atoms. The molecule has 2 aromatic heterocycles. The van der Waals surface area contributed by atoms with Gasteiger partial charge in [-0.1, -0.05) is 36.3 Å². The maximum Gasteiger partial charge on any atom is 0.458 e. The molecule has 4 rings (SSSR count). The highest BCUT2D eigenvalue weighted by Gasteiger charge is 2.59. The maximum atomic E-state index is 13.9. The molecule has 1 aliphatic heterocycles. The minimum absolute atomic E-state index is 0.0353. The number of rotatable bonds is 6. The highest BCUT2D eigenvalue weighted by atomic mass is 19.4. The van der Waals surface area contributed by atoms with E-state index in [-0.39, 0.29) is 22.8 Å². The molecule has 7 nitrogen and oxygen atoms in total. The van der Waals surface area contributed by atoms with Crippen molar-refractivity contribution in [1.29, 1.82) is 0 Å². The van der Waals surface area contributed by atoms with Gasteiger partial charge in [0.1, 0.15) is 11.2 Å². The lowest BCUT2D eigenvalue weighted by atomic mass is 9.62. The van der Waals surface area contributed by atoms with E-state index in [1.807, 2.05) is 11.9 Å². The fourth-order valence-corrected chi connectivity index (χ4v) is 4.67. The third-order valence-electron chi connectivity index (χ3n) is 6.50. The Labute approximate surface area is 203 Å². The quantitative estimate of drug-likeness (QED) is 0.478. The van der Waals surface area contributed by atoms with E-state index in [1.165, 1.54) is 26.2 Å². The standard InChI is InChI=1S/C24H25F5N4O3/c1-20(2,34)19-31-18(32-36-19)14-9-17(11-30-10-14)22(35,21(3)12-33(4)13-21)15-5-7-16(8-6-15)23(25,26)24(27,28)29/h5-11,34-35H,12-13H2,1-4H3. The molecule has 1 fully saturated rings. The number of aliphatic hydroxyl groups is 2. The molecular formula is C24H25F5N4O3. The Kier molecular flexibility index (Phi) is 6.01. The van der Waals surface area contributed by atoms with Crippen molar-refractivity contribution in [1.82, 2.24) is 20.0 Å². The number of hydrogen-bond acceptors (Lipinski definition) is 7. The van der Waals surface area contributed by atoms with E-state index in [0.29, 0.717) is 30.8 Å². The van der Waals surface area contributed by atoms with Gasteiger partial charge in [-0.2, -0.15) is 26.9 Å². The summed E-state index contributed by atoms with van der Waals surface area (Å²) in [6.07, 6.45) is -2.94. The van der Waals surface area contributed by atoms with Crippen molar-refractivity contribution in [2.45, 2.75) is 44.1 Å². The Hall–Kier alpha value is -2.96. The van der Waals surface area contributed by atoms with Gasteiger partial charge in [0.2, 0.25) is 5.82 Å². The van der Waals surface area contributed by atoms with Gasteiger partial charge in [-0.15, -0.1) is 0 Å². The second-order valence-corrected chi connectivity index (χ2v) is 10.0. The molecule has 1 atom stereocenters. The normalized spacial score (nSPS) is 18.5. The predicted molar refractivity (Wildman–Crippen MR) is 118 cm³/mol. The Balaban J connectivity index is 1.80. The van der Waals surface area contributed by atoms with Crippen LogP contribution in [0.15, 0.2) is 47.2 Å². The number of pyridine rings is 1. The van der Waals surface area contributed by atoms with Crippen LogP contribution in [0.2, 0.25) is 0 Å². The summed E-state index contributed by atoms with van der Waals surface area (Å²) < 4.78 is 71.4. The molecule has 0 spiro atoms. The first-order valence-electron chi connectivity index (χ1n) is 11.0. The van der Waals surface area contributed by atoms with E-state index in [1.54, 1.807) is 13.0 Å². The summed E-state index contributed by atoms with van der Waals surface area (Å²) in [5, 5.41) is 26.1. The molecule has 1 aliphatic rings. The molecular weight excluding hydrogens is 487 g/mol. The number of nitrogens with zero attached hydrogens (tertiary/aromatic N) is 4. The van der Waals surface area contributed by atoms with Gasteiger partial charge in [0.15, 0.2) is 0 Å². The molecule has 0 aliphatic carbocycles. The third-order valence-corrected chi connectivity index (χ3v) is 6.50. The van der Waals surface area contributed by atoms with Gasteiger partial charge in [-0.05, 0) is 32.5 Å². The maximum absolute atomic E-state index is 13.9. The molecule has 2 N–H and O–H groups in total. The molecule has 1 saturated heterocycles. The molecule has 3 heterocycles. The van der Waals surface area contributed by atoms with E-state index in [0.717, 1.165) is 12.1 Å². The molecule has 0 radical (unpaired) electrons. The minimum Gasteiger partial charge on any atom is -0.381 e. The lowest BCUT2D eigenvalue weighted by Gasteiger charge is -2.55. The summed E-state index contributed by atoms with van der Waals surface area (Å²) in [6.45, 7) is 5.56. The van der Waals surface area contributed by atoms with Gasteiger partial charge in [-0.25, -0.2) is 0 Å².